The third-order valence-electron chi connectivity index (χ3n) is 2.32. The summed E-state index contributed by atoms with van der Waals surface area (Å²) in [6.07, 6.45) is 4.62. The molecule has 0 aliphatic carbocycles. The Morgan fingerprint density at radius 2 is 2.22 bits per heavy atom. The van der Waals surface area contributed by atoms with E-state index in [0.717, 1.165) is 15.7 Å². The highest BCUT2D eigenvalue weighted by Crippen LogP contribution is 2.23. The summed E-state index contributed by atoms with van der Waals surface area (Å²) < 4.78 is 5.96. The van der Waals surface area contributed by atoms with Crippen LogP contribution in [0.4, 0.5) is 5.69 Å². The smallest absolute Gasteiger partial charge is 0.248 e. The lowest BCUT2D eigenvalue weighted by Crippen LogP contribution is -2.08. The van der Waals surface area contributed by atoms with Gasteiger partial charge >= 0.3 is 0 Å². The first-order valence-electron chi connectivity index (χ1n) is 5.44. The number of anilines is 1. The molecule has 0 saturated heterocycles. The second-order valence-corrected chi connectivity index (χ2v) is 4.68. The summed E-state index contributed by atoms with van der Waals surface area (Å²) in [5.41, 5.74) is 1.88. The highest BCUT2D eigenvalue weighted by atomic mass is 79.9. The van der Waals surface area contributed by atoms with Gasteiger partial charge in [0, 0.05) is 10.5 Å². The Morgan fingerprint density at radius 3 is 2.89 bits per heavy atom. The summed E-state index contributed by atoms with van der Waals surface area (Å²) in [6, 6.07) is 9.31. The van der Waals surface area contributed by atoms with Gasteiger partial charge in [-0.3, -0.25) is 4.79 Å². The number of amides is 1. The molecule has 18 heavy (non-hydrogen) atoms. The lowest BCUT2D eigenvalue weighted by atomic mass is 10.2. The van der Waals surface area contributed by atoms with E-state index < -0.39 is 0 Å². The van der Waals surface area contributed by atoms with Crippen molar-refractivity contribution in [1.29, 1.82) is 0 Å². The number of furan rings is 1. The molecule has 0 bridgehead atoms. The minimum Gasteiger partial charge on any atom is -0.465 e. The first-order valence-corrected chi connectivity index (χ1v) is 6.23. The monoisotopic (exact) mass is 305 g/mol. The van der Waals surface area contributed by atoms with Gasteiger partial charge in [0.25, 0.3) is 0 Å². The van der Waals surface area contributed by atoms with Gasteiger partial charge in [0.2, 0.25) is 5.91 Å². The van der Waals surface area contributed by atoms with Crippen molar-refractivity contribution in [3.8, 4) is 0 Å². The standard InChI is InChI=1S/C14H12BrNO2/c1-10-4-6-13(12(15)9-10)16-14(17)7-5-11-3-2-8-18-11/h2-9H,1H3,(H,16,17). The first kappa shape index (κ1) is 12.6. The molecule has 92 valence electrons. The van der Waals surface area contributed by atoms with Crippen LogP contribution in [0.2, 0.25) is 0 Å². The van der Waals surface area contributed by atoms with Crippen molar-refractivity contribution in [3.05, 3.63) is 58.5 Å². The molecule has 0 aliphatic rings. The average Bonchev–Trinajstić information content (AvgIpc) is 2.83. The molecular formula is C14H12BrNO2. The molecule has 1 heterocycles. The van der Waals surface area contributed by atoms with Crippen molar-refractivity contribution in [2.24, 2.45) is 0 Å². The number of carbonyl (C=O) groups is 1. The van der Waals surface area contributed by atoms with Gasteiger partial charge in [0.05, 0.1) is 12.0 Å². The fourth-order valence-electron chi connectivity index (χ4n) is 1.44. The number of nitrogens with one attached hydrogen (secondary N) is 1. The number of carbonyl (C=O) groups excluding carboxylic acids is 1. The third kappa shape index (κ3) is 3.34. The molecule has 1 aromatic carbocycles. The molecular weight excluding hydrogens is 294 g/mol. The molecule has 0 unspecified atom stereocenters. The molecule has 4 heteroatoms. The summed E-state index contributed by atoms with van der Waals surface area (Å²) in [5.74, 6) is 0.448. The fraction of sp³-hybridized carbons (Fsp3) is 0.0714. The van der Waals surface area contributed by atoms with Crippen LogP contribution in [0.3, 0.4) is 0 Å². The van der Waals surface area contributed by atoms with Gasteiger partial charge in [0.15, 0.2) is 0 Å². The fourth-order valence-corrected chi connectivity index (χ4v) is 2.03. The second-order valence-electron chi connectivity index (χ2n) is 3.82. The molecule has 1 amide bonds. The minimum atomic E-state index is -0.198. The largest absolute Gasteiger partial charge is 0.465 e. The van der Waals surface area contributed by atoms with Crippen molar-refractivity contribution in [1.82, 2.24) is 0 Å². The lowest BCUT2D eigenvalue weighted by Gasteiger charge is -2.05. The summed E-state index contributed by atoms with van der Waals surface area (Å²) >= 11 is 3.41. The Kier molecular flexibility index (Phi) is 3.99. The van der Waals surface area contributed by atoms with E-state index in [4.69, 9.17) is 4.42 Å². The Balaban J connectivity index is 2.03. The van der Waals surface area contributed by atoms with Gasteiger partial charge in [-0.2, -0.15) is 0 Å². The van der Waals surface area contributed by atoms with Crippen LogP contribution < -0.4 is 5.32 Å². The van der Waals surface area contributed by atoms with E-state index in [-0.39, 0.29) is 5.91 Å². The second kappa shape index (κ2) is 5.69. The number of halogens is 1. The summed E-state index contributed by atoms with van der Waals surface area (Å²) in [7, 11) is 0. The topological polar surface area (TPSA) is 42.2 Å². The zero-order valence-electron chi connectivity index (χ0n) is 9.81. The van der Waals surface area contributed by atoms with Gasteiger partial charge in [0.1, 0.15) is 5.76 Å². The number of hydrogen-bond acceptors (Lipinski definition) is 2. The molecule has 2 rings (SSSR count). The van der Waals surface area contributed by atoms with E-state index >= 15 is 0 Å². The van der Waals surface area contributed by atoms with Crippen LogP contribution in [0.5, 0.6) is 0 Å². The third-order valence-corrected chi connectivity index (χ3v) is 2.98. The highest BCUT2D eigenvalue weighted by molar-refractivity contribution is 9.10. The normalized spacial score (nSPS) is 10.8. The first-order chi connectivity index (χ1) is 8.65. The van der Waals surface area contributed by atoms with Crippen LogP contribution >= 0.6 is 15.9 Å². The number of benzene rings is 1. The van der Waals surface area contributed by atoms with Crippen molar-refractivity contribution in [3.63, 3.8) is 0 Å². The molecule has 0 saturated carbocycles. The summed E-state index contributed by atoms with van der Waals surface area (Å²) in [4.78, 5) is 11.7. The minimum absolute atomic E-state index is 0.198. The zero-order chi connectivity index (χ0) is 13.0. The van der Waals surface area contributed by atoms with Gasteiger partial charge in [-0.1, -0.05) is 6.07 Å². The molecule has 3 nitrogen and oxygen atoms in total. The van der Waals surface area contributed by atoms with Crippen LogP contribution in [-0.4, -0.2) is 5.91 Å². The van der Waals surface area contributed by atoms with Crippen LogP contribution in [0.25, 0.3) is 6.08 Å². The molecule has 0 spiro atoms. The van der Waals surface area contributed by atoms with E-state index in [1.54, 1.807) is 24.5 Å². The Morgan fingerprint density at radius 1 is 1.39 bits per heavy atom. The molecule has 1 N–H and O–H groups in total. The van der Waals surface area contributed by atoms with Crippen LogP contribution in [0, 0.1) is 6.92 Å². The van der Waals surface area contributed by atoms with Crippen molar-refractivity contribution in [2.75, 3.05) is 5.32 Å². The van der Waals surface area contributed by atoms with Crippen molar-refractivity contribution < 1.29 is 9.21 Å². The maximum atomic E-state index is 11.7. The zero-order valence-corrected chi connectivity index (χ0v) is 11.4. The Labute approximate surface area is 114 Å². The average molecular weight is 306 g/mol. The SMILES string of the molecule is Cc1ccc(NC(=O)C=Cc2ccco2)c(Br)c1. The molecule has 1 aromatic heterocycles. The maximum Gasteiger partial charge on any atom is 0.248 e. The van der Waals surface area contributed by atoms with Crippen LogP contribution in [0.15, 0.2) is 51.6 Å². The molecule has 2 aromatic rings. The summed E-state index contributed by atoms with van der Waals surface area (Å²) in [6.45, 7) is 1.99. The highest BCUT2D eigenvalue weighted by Gasteiger charge is 2.02. The summed E-state index contributed by atoms with van der Waals surface area (Å²) in [5, 5.41) is 2.79. The molecule has 0 radical (unpaired) electrons. The van der Waals surface area contributed by atoms with Crippen molar-refractivity contribution in [2.45, 2.75) is 6.92 Å². The van der Waals surface area contributed by atoms with Crippen LogP contribution in [0.1, 0.15) is 11.3 Å². The maximum absolute atomic E-state index is 11.7. The predicted molar refractivity (Wildman–Crippen MR) is 75.3 cm³/mol. The van der Waals surface area contributed by atoms with E-state index in [0.29, 0.717) is 5.76 Å². The van der Waals surface area contributed by atoms with Gasteiger partial charge in [-0.25, -0.2) is 0 Å². The van der Waals surface area contributed by atoms with Crippen molar-refractivity contribution >= 4 is 33.6 Å². The van der Waals surface area contributed by atoms with Gasteiger partial charge < -0.3 is 9.73 Å². The lowest BCUT2D eigenvalue weighted by molar-refractivity contribution is -0.111. The quantitative estimate of drug-likeness (QED) is 0.871. The number of rotatable bonds is 3. The van der Waals surface area contributed by atoms with E-state index in [1.165, 1.54) is 6.08 Å². The van der Waals surface area contributed by atoms with Gasteiger partial charge in [-0.15, -0.1) is 0 Å². The van der Waals surface area contributed by atoms with Crippen LogP contribution in [-0.2, 0) is 4.79 Å². The van der Waals surface area contributed by atoms with E-state index in [2.05, 4.69) is 21.2 Å². The Hall–Kier alpha value is -1.81. The van der Waals surface area contributed by atoms with Gasteiger partial charge in [-0.05, 0) is 58.8 Å². The number of aryl methyl sites for hydroxylation is 1. The Bertz CT molecular complexity index is 573. The predicted octanol–water partition coefficient (Wildman–Crippen LogP) is 4.00. The van der Waals surface area contributed by atoms with E-state index in [1.807, 2.05) is 25.1 Å². The molecule has 0 aliphatic heterocycles. The van der Waals surface area contributed by atoms with E-state index in [9.17, 15) is 4.79 Å². The molecule has 0 atom stereocenters. The number of hydrogen-bond donors (Lipinski definition) is 1. The molecule has 0 fully saturated rings.